The van der Waals surface area contributed by atoms with E-state index < -0.39 is 18.1 Å². The Bertz CT molecular complexity index is 1090. The Morgan fingerprint density at radius 1 is 1.06 bits per heavy atom. The Hall–Kier alpha value is -3.00. The van der Waals surface area contributed by atoms with Gasteiger partial charge in [-0.1, -0.05) is 55.0 Å². The third kappa shape index (κ3) is 4.63. The predicted octanol–water partition coefficient (Wildman–Crippen LogP) is 4.46. The zero-order valence-corrected chi connectivity index (χ0v) is 20.5. The summed E-state index contributed by atoms with van der Waals surface area (Å²) in [5, 5.41) is 12.3. The summed E-state index contributed by atoms with van der Waals surface area (Å²) in [6.07, 6.45) is 2.32. The van der Waals surface area contributed by atoms with Crippen LogP contribution in [0.15, 0.2) is 48.5 Å². The van der Waals surface area contributed by atoms with E-state index in [2.05, 4.69) is 29.6 Å². The smallest absolute Gasteiger partial charge is 0.407 e. The Morgan fingerprint density at radius 3 is 2.37 bits per heavy atom. The van der Waals surface area contributed by atoms with Gasteiger partial charge >= 0.3 is 12.1 Å². The second-order valence-electron chi connectivity index (χ2n) is 9.56. The van der Waals surface area contributed by atoms with Gasteiger partial charge in [-0.3, -0.25) is 4.79 Å². The first kappa shape index (κ1) is 23.7. The van der Waals surface area contributed by atoms with Gasteiger partial charge in [0.15, 0.2) is 0 Å². The van der Waals surface area contributed by atoms with Crippen LogP contribution in [0, 0.1) is 5.92 Å². The number of nitrogens with one attached hydrogen (secondary N) is 1. The Balaban J connectivity index is 1.19. The number of carboxylic acids is 1. The van der Waals surface area contributed by atoms with Crippen LogP contribution < -0.4 is 5.32 Å². The quantitative estimate of drug-likeness (QED) is 0.637. The van der Waals surface area contributed by atoms with Gasteiger partial charge in [0.25, 0.3) is 0 Å². The largest absolute Gasteiger partial charge is 0.480 e. The van der Waals surface area contributed by atoms with Crippen molar-refractivity contribution in [1.29, 1.82) is 0 Å². The van der Waals surface area contributed by atoms with Crippen molar-refractivity contribution in [2.24, 2.45) is 5.92 Å². The molecule has 0 aromatic heterocycles. The highest BCUT2D eigenvalue weighted by Crippen LogP contribution is 2.44. The number of carbonyl (C=O) groups excluding carboxylic acids is 2. The SMILES string of the molecule is CC1SCC(C(=O)O)N1C(=O)[C@@H]1CCC[C@@H](NC(=O)OCC2c3ccccc3-c3ccccc32)C1. The van der Waals surface area contributed by atoms with Crippen molar-refractivity contribution in [3.63, 3.8) is 0 Å². The lowest BCUT2D eigenvalue weighted by Gasteiger charge is -2.34. The summed E-state index contributed by atoms with van der Waals surface area (Å²) in [4.78, 5) is 39.0. The normalized spacial score (nSPS) is 25.6. The maximum atomic E-state index is 13.2. The van der Waals surface area contributed by atoms with Crippen LogP contribution in [-0.4, -0.2) is 57.8 Å². The van der Waals surface area contributed by atoms with Crippen molar-refractivity contribution in [2.45, 2.75) is 56.0 Å². The Kier molecular flexibility index (Phi) is 6.73. The first-order valence-corrected chi connectivity index (χ1v) is 13.3. The number of aliphatic carboxylic acids is 1. The second kappa shape index (κ2) is 9.93. The standard InChI is InChI=1S/C27H30N2O5S/c1-16-29(24(15-35-16)26(31)32)25(30)17-7-6-8-18(13-17)28-27(33)34-14-23-21-11-4-2-9-19(21)20-10-3-5-12-22(20)23/h2-5,9-12,16-18,23-24H,6-8,13-15H2,1H3,(H,28,33)(H,31,32)/t16?,17-,18-,24?/m1/s1. The zero-order chi connectivity index (χ0) is 24.5. The number of carboxylic acid groups (broad SMARTS) is 1. The molecular weight excluding hydrogens is 464 g/mol. The second-order valence-corrected chi connectivity index (χ2v) is 10.9. The molecule has 2 N–H and O–H groups in total. The van der Waals surface area contributed by atoms with Crippen LogP contribution in [0.25, 0.3) is 11.1 Å². The summed E-state index contributed by atoms with van der Waals surface area (Å²) in [6.45, 7) is 2.12. The molecule has 35 heavy (non-hydrogen) atoms. The van der Waals surface area contributed by atoms with Gasteiger partial charge in [0.05, 0.1) is 5.37 Å². The highest BCUT2D eigenvalue weighted by molar-refractivity contribution is 8.00. The van der Waals surface area contributed by atoms with Crippen LogP contribution >= 0.6 is 11.8 Å². The number of nitrogens with zero attached hydrogens (tertiary/aromatic N) is 1. The number of thioether (sulfide) groups is 1. The van der Waals surface area contributed by atoms with Crippen molar-refractivity contribution in [3.8, 4) is 11.1 Å². The topological polar surface area (TPSA) is 95.9 Å². The molecule has 2 unspecified atom stereocenters. The van der Waals surface area contributed by atoms with Crippen molar-refractivity contribution in [1.82, 2.24) is 10.2 Å². The maximum absolute atomic E-state index is 13.2. The van der Waals surface area contributed by atoms with Gasteiger partial charge < -0.3 is 20.1 Å². The summed E-state index contributed by atoms with van der Waals surface area (Å²) in [7, 11) is 0. The number of carbonyl (C=O) groups is 3. The third-order valence-corrected chi connectivity index (χ3v) is 8.67. The van der Waals surface area contributed by atoms with E-state index in [9.17, 15) is 19.5 Å². The van der Waals surface area contributed by atoms with Gasteiger partial charge in [0, 0.05) is 23.6 Å². The van der Waals surface area contributed by atoms with E-state index in [4.69, 9.17) is 4.74 Å². The molecular formula is C27H30N2O5S. The van der Waals surface area contributed by atoms with E-state index in [1.165, 1.54) is 27.8 Å². The summed E-state index contributed by atoms with van der Waals surface area (Å²) in [6, 6.07) is 15.5. The molecule has 2 aliphatic carbocycles. The Labute approximate surface area is 209 Å². The fourth-order valence-corrected chi connectivity index (χ4v) is 6.91. The number of ether oxygens (including phenoxy) is 1. The molecule has 0 bridgehead atoms. The monoisotopic (exact) mass is 494 g/mol. The van der Waals surface area contributed by atoms with Gasteiger partial charge in [0.2, 0.25) is 5.91 Å². The van der Waals surface area contributed by atoms with E-state index in [-0.39, 0.29) is 35.8 Å². The van der Waals surface area contributed by atoms with Gasteiger partial charge in [-0.2, -0.15) is 0 Å². The lowest BCUT2D eigenvalue weighted by atomic mass is 9.84. The van der Waals surface area contributed by atoms with Crippen LogP contribution in [0.2, 0.25) is 0 Å². The molecule has 5 rings (SSSR count). The average molecular weight is 495 g/mol. The number of alkyl carbamates (subject to hydrolysis) is 1. The molecule has 7 nitrogen and oxygen atoms in total. The van der Waals surface area contributed by atoms with Crippen LogP contribution in [0.5, 0.6) is 0 Å². The highest BCUT2D eigenvalue weighted by atomic mass is 32.2. The molecule has 0 radical (unpaired) electrons. The number of hydrogen-bond acceptors (Lipinski definition) is 5. The molecule has 1 saturated heterocycles. The molecule has 2 amide bonds. The van der Waals surface area contributed by atoms with Gasteiger partial charge in [-0.25, -0.2) is 9.59 Å². The predicted molar refractivity (Wildman–Crippen MR) is 134 cm³/mol. The maximum Gasteiger partial charge on any atom is 0.407 e. The lowest BCUT2D eigenvalue weighted by molar-refractivity contribution is -0.151. The van der Waals surface area contributed by atoms with Crippen LogP contribution in [0.3, 0.4) is 0 Å². The molecule has 1 saturated carbocycles. The van der Waals surface area contributed by atoms with E-state index in [1.807, 2.05) is 31.2 Å². The minimum atomic E-state index is -0.959. The first-order chi connectivity index (χ1) is 16.9. The number of fused-ring (bicyclic) bond motifs is 3. The minimum Gasteiger partial charge on any atom is -0.480 e. The molecule has 1 aliphatic heterocycles. The third-order valence-electron chi connectivity index (χ3n) is 7.45. The molecule has 3 aliphatic rings. The van der Waals surface area contributed by atoms with E-state index in [0.717, 1.165) is 24.0 Å². The summed E-state index contributed by atoms with van der Waals surface area (Å²) >= 11 is 1.49. The van der Waals surface area contributed by atoms with Crippen LogP contribution in [-0.2, 0) is 14.3 Å². The van der Waals surface area contributed by atoms with Gasteiger partial charge in [0.1, 0.15) is 12.6 Å². The minimum absolute atomic E-state index is 0.00376. The average Bonchev–Trinajstić information content (AvgIpc) is 3.40. The van der Waals surface area contributed by atoms with Crippen molar-refractivity contribution in [3.05, 3.63) is 59.7 Å². The number of rotatable bonds is 5. The number of amides is 2. The summed E-state index contributed by atoms with van der Waals surface area (Å²) < 4.78 is 5.68. The van der Waals surface area contributed by atoms with Crippen molar-refractivity contribution < 1.29 is 24.2 Å². The molecule has 0 spiro atoms. The number of benzene rings is 2. The fourth-order valence-electron chi connectivity index (χ4n) is 5.73. The van der Waals surface area contributed by atoms with E-state index in [1.54, 1.807) is 0 Å². The Morgan fingerprint density at radius 2 is 1.71 bits per heavy atom. The lowest BCUT2D eigenvalue weighted by Crippen LogP contribution is -2.49. The molecule has 4 atom stereocenters. The first-order valence-electron chi connectivity index (χ1n) is 12.2. The molecule has 2 aromatic carbocycles. The number of hydrogen-bond donors (Lipinski definition) is 2. The van der Waals surface area contributed by atoms with Crippen molar-refractivity contribution in [2.75, 3.05) is 12.4 Å². The molecule has 8 heteroatoms. The van der Waals surface area contributed by atoms with E-state index >= 15 is 0 Å². The van der Waals surface area contributed by atoms with Gasteiger partial charge in [-0.15, -0.1) is 11.8 Å². The highest BCUT2D eigenvalue weighted by Gasteiger charge is 2.43. The molecule has 2 aromatic rings. The zero-order valence-electron chi connectivity index (χ0n) is 19.7. The summed E-state index contributed by atoms with van der Waals surface area (Å²) in [5.74, 6) is -0.953. The van der Waals surface area contributed by atoms with E-state index in [0.29, 0.717) is 18.6 Å². The molecule has 2 fully saturated rings. The summed E-state index contributed by atoms with van der Waals surface area (Å²) in [5.41, 5.74) is 4.69. The van der Waals surface area contributed by atoms with Crippen LogP contribution in [0.1, 0.15) is 49.7 Å². The van der Waals surface area contributed by atoms with Crippen LogP contribution in [0.4, 0.5) is 4.79 Å². The molecule has 1 heterocycles. The van der Waals surface area contributed by atoms with Gasteiger partial charge in [-0.05, 0) is 48.4 Å². The fraction of sp³-hybridized carbons (Fsp3) is 0.444. The molecule has 184 valence electrons. The van der Waals surface area contributed by atoms with Crippen molar-refractivity contribution >= 4 is 29.7 Å².